The van der Waals surface area contributed by atoms with E-state index in [1.807, 2.05) is 36.0 Å². The summed E-state index contributed by atoms with van der Waals surface area (Å²) in [5.74, 6) is 3.96. The third-order valence-electron chi connectivity index (χ3n) is 2.99. The summed E-state index contributed by atoms with van der Waals surface area (Å²) in [4.78, 5) is 0. The zero-order valence-corrected chi connectivity index (χ0v) is 10.8. The normalized spacial score (nSPS) is 21.2. The molecular weight excluding hydrogens is 236 g/mol. The van der Waals surface area contributed by atoms with E-state index < -0.39 is 0 Å². The standard InChI is InChI=1S/C13H18O3S/c1-15-12-4-2-3-5-13(12)16-8-11(14)10-6-7-17-9-10/h2-5,10-11,14H,6-9H2,1H3. The Hall–Kier alpha value is -0.870. The van der Waals surface area contributed by atoms with Crippen LogP contribution in [0.1, 0.15) is 6.42 Å². The second kappa shape index (κ2) is 6.17. The lowest BCUT2D eigenvalue weighted by Crippen LogP contribution is -2.27. The lowest BCUT2D eigenvalue weighted by molar-refractivity contribution is 0.0651. The van der Waals surface area contributed by atoms with E-state index in [2.05, 4.69) is 0 Å². The molecule has 0 radical (unpaired) electrons. The SMILES string of the molecule is COc1ccccc1OCC(O)C1CCSC1. The molecular formula is C13H18O3S. The monoisotopic (exact) mass is 254 g/mol. The third-order valence-corrected chi connectivity index (χ3v) is 4.18. The van der Waals surface area contributed by atoms with Crippen LogP contribution in [0, 0.1) is 5.92 Å². The lowest BCUT2D eigenvalue weighted by Gasteiger charge is -2.18. The number of ether oxygens (including phenoxy) is 2. The van der Waals surface area contributed by atoms with Crippen molar-refractivity contribution >= 4 is 11.8 Å². The maximum atomic E-state index is 9.99. The second-order valence-corrected chi connectivity index (χ2v) is 5.30. The Morgan fingerprint density at radius 1 is 1.41 bits per heavy atom. The largest absolute Gasteiger partial charge is 0.493 e. The van der Waals surface area contributed by atoms with Gasteiger partial charge in [-0.15, -0.1) is 0 Å². The first-order chi connectivity index (χ1) is 8.31. The minimum atomic E-state index is -0.380. The van der Waals surface area contributed by atoms with E-state index in [-0.39, 0.29) is 6.10 Å². The molecule has 1 fully saturated rings. The summed E-state index contributed by atoms with van der Waals surface area (Å²) in [7, 11) is 1.62. The highest BCUT2D eigenvalue weighted by Gasteiger charge is 2.24. The average Bonchev–Trinajstić information content (AvgIpc) is 2.90. The fraction of sp³-hybridized carbons (Fsp3) is 0.538. The van der Waals surface area contributed by atoms with E-state index >= 15 is 0 Å². The van der Waals surface area contributed by atoms with Crippen LogP contribution in [0.15, 0.2) is 24.3 Å². The lowest BCUT2D eigenvalue weighted by atomic mass is 10.0. The van der Waals surface area contributed by atoms with Crippen molar-refractivity contribution in [2.45, 2.75) is 12.5 Å². The number of aliphatic hydroxyl groups excluding tert-OH is 1. The quantitative estimate of drug-likeness (QED) is 0.874. The Bertz CT molecular complexity index is 350. The number of benzene rings is 1. The van der Waals surface area contributed by atoms with E-state index in [0.717, 1.165) is 17.9 Å². The fourth-order valence-electron chi connectivity index (χ4n) is 1.91. The van der Waals surface area contributed by atoms with Crippen molar-refractivity contribution < 1.29 is 14.6 Å². The molecule has 0 bridgehead atoms. The van der Waals surface area contributed by atoms with Gasteiger partial charge in [0.2, 0.25) is 0 Å². The molecule has 1 aromatic rings. The van der Waals surface area contributed by atoms with Gasteiger partial charge in [-0.3, -0.25) is 0 Å². The molecule has 2 unspecified atom stereocenters. The molecule has 1 heterocycles. The van der Waals surface area contributed by atoms with E-state index in [1.165, 1.54) is 0 Å². The van der Waals surface area contributed by atoms with Crippen molar-refractivity contribution in [3.63, 3.8) is 0 Å². The van der Waals surface area contributed by atoms with E-state index in [4.69, 9.17) is 9.47 Å². The van der Waals surface area contributed by atoms with Gasteiger partial charge >= 0.3 is 0 Å². The Balaban J connectivity index is 1.88. The Kier molecular flexibility index (Phi) is 4.57. The summed E-state index contributed by atoms with van der Waals surface area (Å²) in [6, 6.07) is 7.51. The van der Waals surface area contributed by atoms with Crippen LogP contribution in [0.25, 0.3) is 0 Å². The zero-order chi connectivity index (χ0) is 12.1. The van der Waals surface area contributed by atoms with Gasteiger partial charge in [0.15, 0.2) is 11.5 Å². The Labute approximate surface area is 106 Å². The van der Waals surface area contributed by atoms with Crippen molar-refractivity contribution in [1.82, 2.24) is 0 Å². The summed E-state index contributed by atoms with van der Waals surface area (Å²) in [5.41, 5.74) is 0. The third kappa shape index (κ3) is 3.30. The van der Waals surface area contributed by atoms with Crippen molar-refractivity contribution in [1.29, 1.82) is 0 Å². The number of para-hydroxylation sites is 2. The van der Waals surface area contributed by atoms with Gasteiger partial charge in [-0.2, -0.15) is 11.8 Å². The van der Waals surface area contributed by atoms with Crippen LogP contribution >= 0.6 is 11.8 Å². The molecule has 0 aromatic heterocycles. The van der Waals surface area contributed by atoms with Crippen LogP contribution in [0.5, 0.6) is 11.5 Å². The molecule has 0 aliphatic carbocycles. The van der Waals surface area contributed by atoms with Gasteiger partial charge in [-0.1, -0.05) is 12.1 Å². The van der Waals surface area contributed by atoms with Gasteiger partial charge < -0.3 is 14.6 Å². The first-order valence-electron chi connectivity index (χ1n) is 5.83. The number of thioether (sulfide) groups is 1. The number of aliphatic hydroxyl groups is 1. The Morgan fingerprint density at radius 2 is 2.18 bits per heavy atom. The van der Waals surface area contributed by atoms with Crippen molar-refractivity contribution in [3.05, 3.63) is 24.3 Å². The molecule has 94 valence electrons. The van der Waals surface area contributed by atoms with Crippen LogP contribution < -0.4 is 9.47 Å². The van der Waals surface area contributed by atoms with E-state index in [9.17, 15) is 5.11 Å². The van der Waals surface area contributed by atoms with Gasteiger partial charge in [0, 0.05) is 0 Å². The molecule has 17 heavy (non-hydrogen) atoms. The number of hydrogen-bond donors (Lipinski definition) is 1. The number of methoxy groups -OCH3 is 1. The van der Waals surface area contributed by atoms with Crippen molar-refractivity contribution in [3.8, 4) is 11.5 Å². The highest BCUT2D eigenvalue weighted by atomic mass is 32.2. The highest BCUT2D eigenvalue weighted by Crippen LogP contribution is 2.29. The molecule has 1 saturated heterocycles. The van der Waals surface area contributed by atoms with Crippen LogP contribution in [-0.2, 0) is 0 Å². The smallest absolute Gasteiger partial charge is 0.161 e. The maximum absolute atomic E-state index is 9.99. The number of rotatable bonds is 5. The van der Waals surface area contributed by atoms with Crippen LogP contribution in [-0.4, -0.2) is 36.4 Å². The maximum Gasteiger partial charge on any atom is 0.161 e. The van der Waals surface area contributed by atoms with E-state index in [1.54, 1.807) is 7.11 Å². The second-order valence-electron chi connectivity index (χ2n) is 4.15. The van der Waals surface area contributed by atoms with Gasteiger partial charge in [0.1, 0.15) is 6.61 Å². The average molecular weight is 254 g/mol. The highest BCUT2D eigenvalue weighted by molar-refractivity contribution is 7.99. The van der Waals surface area contributed by atoms with Gasteiger partial charge in [-0.25, -0.2) is 0 Å². The van der Waals surface area contributed by atoms with Crippen LogP contribution in [0.3, 0.4) is 0 Å². The summed E-state index contributed by atoms with van der Waals surface area (Å²) >= 11 is 1.90. The molecule has 1 N–H and O–H groups in total. The molecule has 3 nitrogen and oxygen atoms in total. The molecule has 2 atom stereocenters. The fourth-order valence-corrected chi connectivity index (χ4v) is 3.23. The zero-order valence-electron chi connectivity index (χ0n) is 9.96. The Morgan fingerprint density at radius 3 is 2.82 bits per heavy atom. The summed E-state index contributed by atoms with van der Waals surface area (Å²) in [5, 5.41) is 9.99. The van der Waals surface area contributed by atoms with E-state index in [0.29, 0.717) is 24.0 Å². The molecule has 1 aliphatic heterocycles. The van der Waals surface area contributed by atoms with Gasteiger partial charge in [-0.05, 0) is 36.0 Å². The van der Waals surface area contributed by atoms with Crippen LogP contribution in [0.4, 0.5) is 0 Å². The molecule has 2 rings (SSSR count). The van der Waals surface area contributed by atoms with Crippen molar-refractivity contribution in [2.75, 3.05) is 25.2 Å². The molecule has 4 heteroatoms. The van der Waals surface area contributed by atoms with Crippen LogP contribution in [0.2, 0.25) is 0 Å². The van der Waals surface area contributed by atoms with Crippen molar-refractivity contribution in [2.24, 2.45) is 5.92 Å². The molecule has 1 aliphatic rings. The molecule has 0 amide bonds. The summed E-state index contributed by atoms with van der Waals surface area (Å²) in [6.45, 7) is 0.339. The minimum absolute atomic E-state index is 0.339. The molecule has 0 spiro atoms. The predicted octanol–water partition coefficient (Wildman–Crippen LogP) is 2.19. The van der Waals surface area contributed by atoms with Gasteiger partial charge in [0.25, 0.3) is 0 Å². The van der Waals surface area contributed by atoms with Gasteiger partial charge in [0.05, 0.1) is 13.2 Å². The molecule has 1 aromatic carbocycles. The molecule has 0 saturated carbocycles. The first kappa shape index (κ1) is 12.6. The topological polar surface area (TPSA) is 38.7 Å². The number of hydrogen-bond acceptors (Lipinski definition) is 4. The summed E-state index contributed by atoms with van der Waals surface area (Å²) in [6.07, 6.45) is 0.705. The minimum Gasteiger partial charge on any atom is -0.493 e. The predicted molar refractivity (Wildman–Crippen MR) is 69.9 cm³/mol. The first-order valence-corrected chi connectivity index (χ1v) is 6.98. The summed E-state index contributed by atoms with van der Waals surface area (Å²) < 4.78 is 10.8.